The number of methoxy groups -OCH3 is 1. The zero-order valence-electron chi connectivity index (χ0n) is 9.53. The normalized spacial score (nSPS) is 9.53. The standard InChI is InChI=1S/C12H14FNO3/c1-3-5-16-12-7-9(13)10(17-6-4-14)8-11(12)15-2/h1,7-8H,4-6,14H2,2H3. The zero-order chi connectivity index (χ0) is 12.7. The Bertz CT molecular complexity index is 415. The van der Waals surface area contributed by atoms with Crippen molar-refractivity contribution in [1.82, 2.24) is 0 Å². The van der Waals surface area contributed by atoms with Gasteiger partial charge in [0.15, 0.2) is 23.1 Å². The van der Waals surface area contributed by atoms with Crippen molar-refractivity contribution in [3.05, 3.63) is 17.9 Å². The van der Waals surface area contributed by atoms with Gasteiger partial charge in [-0.2, -0.15) is 0 Å². The summed E-state index contributed by atoms with van der Waals surface area (Å²) in [6.07, 6.45) is 5.05. The second kappa shape index (κ2) is 6.61. The van der Waals surface area contributed by atoms with Crippen molar-refractivity contribution in [2.45, 2.75) is 0 Å². The molecule has 0 radical (unpaired) electrons. The Morgan fingerprint density at radius 1 is 1.29 bits per heavy atom. The smallest absolute Gasteiger partial charge is 0.169 e. The first kappa shape index (κ1) is 13.1. The van der Waals surface area contributed by atoms with Gasteiger partial charge >= 0.3 is 0 Å². The molecule has 0 spiro atoms. The van der Waals surface area contributed by atoms with Gasteiger partial charge in [0.05, 0.1) is 7.11 Å². The van der Waals surface area contributed by atoms with Gasteiger partial charge in [0.25, 0.3) is 0 Å². The maximum absolute atomic E-state index is 13.6. The fraction of sp³-hybridized carbons (Fsp3) is 0.333. The van der Waals surface area contributed by atoms with Crippen molar-refractivity contribution >= 4 is 0 Å². The molecule has 0 fully saturated rings. The molecule has 4 nitrogen and oxygen atoms in total. The Morgan fingerprint density at radius 2 is 2.06 bits per heavy atom. The van der Waals surface area contributed by atoms with Crippen LogP contribution in [0.4, 0.5) is 4.39 Å². The monoisotopic (exact) mass is 239 g/mol. The average molecular weight is 239 g/mol. The van der Waals surface area contributed by atoms with Gasteiger partial charge in [0.2, 0.25) is 0 Å². The molecule has 0 atom stereocenters. The number of ether oxygens (including phenoxy) is 3. The van der Waals surface area contributed by atoms with Crippen LogP contribution in [0.3, 0.4) is 0 Å². The average Bonchev–Trinajstić information content (AvgIpc) is 2.35. The third kappa shape index (κ3) is 3.54. The highest BCUT2D eigenvalue weighted by Gasteiger charge is 2.12. The van der Waals surface area contributed by atoms with Crippen LogP contribution in [-0.4, -0.2) is 26.9 Å². The molecule has 0 amide bonds. The molecule has 5 heteroatoms. The van der Waals surface area contributed by atoms with Crippen LogP contribution in [0.2, 0.25) is 0 Å². The van der Waals surface area contributed by atoms with Crippen molar-refractivity contribution in [1.29, 1.82) is 0 Å². The molecular weight excluding hydrogens is 225 g/mol. The Balaban J connectivity index is 2.94. The molecule has 0 saturated heterocycles. The second-order valence-electron chi connectivity index (χ2n) is 3.06. The second-order valence-corrected chi connectivity index (χ2v) is 3.06. The molecule has 0 aliphatic heterocycles. The Hall–Kier alpha value is -1.93. The third-order valence-electron chi connectivity index (χ3n) is 1.90. The minimum absolute atomic E-state index is 0.0405. The van der Waals surface area contributed by atoms with E-state index in [-0.39, 0.29) is 24.7 Å². The van der Waals surface area contributed by atoms with Gasteiger partial charge < -0.3 is 19.9 Å². The fourth-order valence-corrected chi connectivity index (χ4v) is 1.19. The van der Waals surface area contributed by atoms with E-state index in [4.69, 9.17) is 26.4 Å². The molecule has 17 heavy (non-hydrogen) atoms. The first-order chi connectivity index (χ1) is 8.22. The van der Waals surface area contributed by atoms with Crippen LogP contribution in [0.15, 0.2) is 12.1 Å². The predicted octanol–water partition coefficient (Wildman–Crippen LogP) is 1.18. The topological polar surface area (TPSA) is 53.7 Å². The zero-order valence-corrected chi connectivity index (χ0v) is 9.53. The van der Waals surface area contributed by atoms with Crippen LogP contribution in [0.25, 0.3) is 0 Å². The van der Waals surface area contributed by atoms with Crippen molar-refractivity contribution in [2.24, 2.45) is 5.73 Å². The lowest BCUT2D eigenvalue weighted by molar-refractivity contribution is 0.297. The number of halogens is 1. The van der Waals surface area contributed by atoms with E-state index in [0.29, 0.717) is 12.3 Å². The molecule has 92 valence electrons. The molecule has 1 rings (SSSR count). The van der Waals surface area contributed by atoms with Gasteiger partial charge in [-0.3, -0.25) is 0 Å². The molecule has 0 aliphatic carbocycles. The number of hydrogen-bond acceptors (Lipinski definition) is 4. The molecule has 0 aromatic heterocycles. The van der Waals surface area contributed by atoms with Gasteiger partial charge in [0, 0.05) is 18.7 Å². The van der Waals surface area contributed by atoms with Gasteiger partial charge in [0.1, 0.15) is 13.2 Å². The van der Waals surface area contributed by atoms with Gasteiger partial charge in [-0.25, -0.2) is 4.39 Å². The summed E-state index contributed by atoms with van der Waals surface area (Å²) in [6, 6.07) is 2.57. The first-order valence-corrected chi connectivity index (χ1v) is 4.99. The highest BCUT2D eigenvalue weighted by Crippen LogP contribution is 2.33. The molecule has 0 saturated carbocycles. The maximum Gasteiger partial charge on any atom is 0.169 e. The summed E-state index contributed by atoms with van der Waals surface area (Å²) < 4.78 is 28.9. The summed E-state index contributed by atoms with van der Waals surface area (Å²) in [6.45, 7) is 0.570. The van der Waals surface area contributed by atoms with Crippen LogP contribution < -0.4 is 19.9 Å². The van der Waals surface area contributed by atoms with Crippen LogP contribution in [0.5, 0.6) is 17.2 Å². The van der Waals surface area contributed by atoms with Crippen LogP contribution in [0, 0.1) is 18.2 Å². The lowest BCUT2D eigenvalue weighted by atomic mass is 10.3. The van der Waals surface area contributed by atoms with Gasteiger partial charge in [-0.15, -0.1) is 6.42 Å². The predicted molar refractivity (Wildman–Crippen MR) is 61.8 cm³/mol. The summed E-state index contributed by atoms with van der Waals surface area (Å²) in [4.78, 5) is 0. The Labute approximate surface area is 99.5 Å². The number of benzene rings is 1. The van der Waals surface area contributed by atoms with Crippen molar-refractivity contribution in [3.8, 4) is 29.6 Å². The van der Waals surface area contributed by atoms with Crippen LogP contribution in [0.1, 0.15) is 0 Å². The third-order valence-corrected chi connectivity index (χ3v) is 1.90. The molecule has 0 unspecified atom stereocenters. The summed E-state index contributed by atoms with van der Waals surface area (Å²) >= 11 is 0. The van der Waals surface area contributed by atoms with E-state index in [0.717, 1.165) is 0 Å². The van der Waals surface area contributed by atoms with Crippen molar-refractivity contribution in [3.63, 3.8) is 0 Å². The number of rotatable bonds is 6. The Morgan fingerprint density at radius 3 is 2.65 bits per heavy atom. The summed E-state index contributed by atoms with van der Waals surface area (Å²) in [5.41, 5.74) is 5.27. The van der Waals surface area contributed by atoms with E-state index < -0.39 is 5.82 Å². The summed E-state index contributed by atoms with van der Waals surface area (Å²) in [7, 11) is 1.45. The van der Waals surface area contributed by atoms with Gasteiger partial charge in [-0.1, -0.05) is 5.92 Å². The van der Waals surface area contributed by atoms with E-state index >= 15 is 0 Å². The van der Waals surface area contributed by atoms with Crippen LogP contribution >= 0.6 is 0 Å². The van der Waals surface area contributed by atoms with Gasteiger partial charge in [-0.05, 0) is 0 Å². The van der Waals surface area contributed by atoms with Crippen LogP contribution in [-0.2, 0) is 0 Å². The molecule has 0 bridgehead atoms. The van der Waals surface area contributed by atoms with Crippen molar-refractivity contribution < 1.29 is 18.6 Å². The lowest BCUT2D eigenvalue weighted by Crippen LogP contribution is -2.11. The molecular formula is C12H14FNO3. The summed E-state index contributed by atoms with van der Waals surface area (Å²) in [5.74, 6) is 2.40. The lowest BCUT2D eigenvalue weighted by Gasteiger charge is -2.12. The highest BCUT2D eigenvalue weighted by molar-refractivity contribution is 5.46. The first-order valence-electron chi connectivity index (χ1n) is 4.99. The number of nitrogens with two attached hydrogens (primary N) is 1. The Kier molecular flexibility index (Phi) is 5.11. The van der Waals surface area contributed by atoms with E-state index in [1.165, 1.54) is 19.2 Å². The maximum atomic E-state index is 13.6. The van der Waals surface area contributed by atoms with E-state index in [1.807, 2.05) is 0 Å². The van der Waals surface area contributed by atoms with Crippen molar-refractivity contribution in [2.75, 3.05) is 26.9 Å². The highest BCUT2D eigenvalue weighted by atomic mass is 19.1. The molecule has 0 aliphatic rings. The summed E-state index contributed by atoms with van der Waals surface area (Å²) in [5, 5.41) is 0. The SMILES string of the molecule is C#CCOc1cc(F)c(OCCN)cc1OC. The number of terminal acetylenes is 1. The van der Waals surface area contributed by atoms with E-state index in [2.05, 4.69) is 5.92 Å². The quantitative estimate of drug-likeness (QED) is 0.757. The minimum atomic E-state index is -0.550. The molecule has 0 heterocycles. The fourth-order valence-electron chi connectivity index (χ4n) is 1.19. The van der Waals surface area contributed by atoms with E-state index in [9.17, 15) is 4.39 Å². The largest absolute Gasteiger partial charge is 0.493 e. The molecule has 1 aromatic rings. The minimum Gasteiger partial charge on any atom is -0.493 e. The van der Waals surface area contributed by atoms with E-state index in [1.54, 1.807) is 0 Å². The molecule has 1 aromatic carbocycles. The molecule has 2 N–H and O–H groups in total. The number of hydrogen-bond donors (Lipinski definition) is 1.